The van der Waals surface area contributed by atoms with E-state index in [2.05, 4.69) is 50.3 Å². The minimum Gasteiger partial charge on any atom is -0.249 e. The minimum atomic E-state index is 0.769. The van der Waals surface area contributed by atoms with Gasteiger partial charge in [0, 0.05) is 4.48 Å². The molecule has 0 spiro atoms. The maximum atomic E-state index is 4.10. The van der Waals surface area contributed by atoms with Crippen LogP contribution in [0.3, 0.4) is 0 Å². The molecule has 0 saturated carbocycles. The van der Waals surface area contributed by atoms with Gasteiger partial charge in [0.25, 0.3) is 0 Å². The van der Waals surface area contributed by atoms with Crippen LogP contribution in [0.15, 0.2) is 47.0 Å². The van der Waals surface area contributed by atoms with Gasteiger partial charge in [0.1, 0.15) is 12.7 Å². The van der Waals surface area contributed by atoms with Crippen LogP contribution in [0.25, 0.3) is 0 Å². The lowest BCUT2D eigenvalue weighted by Gasteiger charge is -2.07. The predicted molar refractivity (Wildman–Crippen MR) is 63.5 cm³/mol. The van der Waals surface area contributed by atoms with Crippen molar-refractivity contribution in [2.75, 3.05) is 0 Å². The van der Waals surface area contributed by atoms with Crippen molar-refractivity contribution in [3.8, 4) is 0 Å². The average molecular weight is 266 g/mol. The van der Waals surface area contributed by atoms with Gasteiger partial charge in [0.05, 0.1) is 6.54 Å². The Kier molecular flexibility index (Phi) is 3.50. The maximum Gasteiger partial charge on any atom is 0.137 e. The Morgan fingerprint density at radius 3 is 3.13 bits per heavy atom. The van der Waals surface area contributed by atoms with Crippen molar-refractivity contribution in [3.05, 3.63) is 47.0 Å². The van der Waals surface area contributed by atoms with Crippen LogP contribution in [-0.2, 0) is 6.54 Å². The van der Waals surface area contributed by atoms with Gasteiger partial charge in [0.15, 0.2) is 0 Å². The van der Waals surface area contributed by atoms with E-state index in [1.165, 1.54) is 10.1 Å². The van der Waals surface area contributed by atoms with E-state index in [-0.39, 0.29) is 0 Å². The van der Waals surface area contributed by atoms with Crippen LogP contribution in [0.5, 0.6) is 0 Å². The summed E-state index contributed by atoms with van der Waals surface area (Å²) in [5.74, 6) is 0. The molecule has 0 aliphatic heterocycles. The fraction of sp³-hybridized carbons (Fsp3) is 0.273. The van der Waals surface area contributed by atoms with Crippen LogP contribution in [0.4, 0.5) is 0 Å². The number of hydrogen-bond donors (Lipinski definition) is 0. The molecule has 3 nitrogen and oxygen atoms in total. The van der Waals surface area contributed by atoms with Gasteiger partial charge in [-0.15, -0.1) is 0 Å². The van der Waals surface area contributed by atoms with Crippen LogP contribution in [-0.4, -0.2) is 14.8 Å². The highest BCUT2D eigenvalue weighted by Crippen LogP contribution is 2.22. The summed E-state index contributed by atoms with van der Waals surface area (Å²) in [6.07, 6.45) is 13.8. The van der Waals surface area contributed by atoms with Crippen molar-refractivity contribution in [1.29, 1.82) is 0 Å². The molecule has 4 heteroatoms. The summed E-state index contributed by atoms with van der Waals surface area (Å²) < 4.78 is 3.07. The summed E-state index contributed by atoms with van der Waals surface area (Å²) in [7, 11) is 0. The van der Waals surface area contributed by atoms with E-state index in [4.69, 9.17) is 0 Å². The normalized spacial score (nSPS) is 16.6. The molecule has 1 aliphatic carbocycles. The highest BCUT2D eigenvalue weighted by molar-refractivity contribution is 9.11. The monoisotopic (exact) mass is 265 g/mol. The van der Waals surface area contributed by atoms with E-state index in [9.17, 15) is 0 Å². The zero-order valence-electron chi connectivity index (χ0n) is 8.31. The van der Waals surface area contributed by atoms with Gasteiger partial charge < -0.3 is 0 Å². The maximum absolute atomic E-state index is 4.10. The second-order valence-corrected chi connectivity index (χ2v) is 4.31. The molecule has 1 heterocycles. The lowest BCUT2D eigenvalue weighted by Crippen LogP contribution is -2.02. The first-order valence-electron chi connectivity index (χ1n) is 4.89. The van der Waals surface area contributed by atoms with Gasteiger partial charge in [-0.05, 0) is 18.4 Å². The van der Waals surface area contributed by atoms with Gasteiger partial charge in [-0.2, -0.15) is 5.10 Å². The Balaban J connectivity index is 2.18. The fourth-order valence-electron chi connectivity index (χ4n) is 1.43. The second-order valence-electron chi connectivity index (χ2n) is 3.35. The molecule has 0 aromatic carbocycles. The lowest BCUT2D eigenvalue weighted by molar-refractivity contribution is 0.680. The predicted octanol–water partition coefficient (Wildman–Crippen LogP) is 2.83. The van der Waals surface area contributed by atoms with Crippen molar-refractivity contribution >= 4 is 15.9 Å². The summed E-state index contributed by atoms with van der Waals surface area (Å²) in [5.41, 5.74) is 1.25. The zero-order valence-corrected chi connectivity index (χ0v) is 9.89. The smallest absolute Gasteiger partial charge is 0.137 e. The lowest BCUT2D eigenvalue weighted by atomic mass is 10.1. The van der Waals surface area contributed by atoms with Crippen LogP contribution >= 0.6 is 15.9 Å². The van der Waals surface area contributed by atoms with E-state index in [1.807, 2.05) is 4.68 Å². The molecule has 0 radical (unpaired) electrons. The van der Waals surface area contributed by atoms with Crippen molar-refractivity contribution < 1.29 is 0 Å². The Morgan fingerprint density at radius 2 is 2.33 bits per heavy atom. The van der Waals surface area contributed by atoms with Crippen molar-refractivity contribution in [3.63, 3.8) is 0 Å². The van der Waals surface area contributed by atoms with Crippen LogP contribution < -0.4 is 0 Å². The van der Waals surface area contributed by atoms with Crippen molar-refractivity contribution in [1.82, 2.24) is 14.8 Å². The van der Waals surface area contributed by atoms with Crippen LogP contribution in [0, 0.1) is 0 Å². The Morgan fingerprint density at radius 1 is 1.40 bits per heavy atom. The molecule has 78 valence electrons. The van der Waals surface area contributed by atoms with Gasteiger partial charge in [-0.25, -0.2) is 9.67 Å². The molecular weight excluding hydrogens is 254 g/mol. The number of rotatable bonds is 2. The summed E-state index contributed by atoms with van der Waals surface area (Å²) >= 11 is 3.62. The van der Waals surface area contributed by atoms with Gasteiger partial charge in [-0.3, -0.25) is 0 Å². The quantitative estimate of drug-likeness (QED) is 0.824. The summed E-state index contributed by atoms with van der Waals surface area (Å²) in [5, 5.41) is 4.10. The van der Waals surface area contributed by atoms with Crippen molar-refractivity contribution in [2.45, 2.75) is 19.4 Å². The van der Waals surface area contributed by atoms with E-state index in [0.717, 1.165) is 19.4 Å². The largest absolute Gasteiger partial charge is 0.249 e. The molecule has 0 N–H and O–H groups in total. The Bertz CT molecular complexity index is 401. The highest BCUT2D eigenvalue weighted by Gasteiger charge is 2.03. The zero-order chi connectivity index (χ0) is 10.5. The highest BCUT2D eigenvalue weighted by atomic mass is 79.9. The minimum absolute atomic E-state index is 0.769. The number of halogens is 1. The topological polar surface area (TPSA) is 30.7 Å². The second kappa shape index (κ2) is 5.07. The molecule has 1 aliphatic rings. The fourth-order valence-corrected chi connectivity index (χ4v) is 1.92. The molecule has 2 rings (SSSR count). The molecule has 1 aromatic heterocycles. The molecule has 1 aromatic rings. The first-order chi connectivity index (χ1) is 7.36. The van der Waals surface area contributed by atoms with Crippen LogP contribution in [0.1, 0.15) is 12.8 Å². The number of nitrogens with zero attached hydrogens (tertiary/aromatic N) is 3. The standard InChI is InChI=1S/C11H12BrN3/c12-11-6-4-2-1-3-5-10(11)7-15-9-13-8-14-15/h1-3,5,8-9H,4,6-7H2. The number of aromatic nitrogens is 3. The summed E-state index contributed by atoms with van der Waals surface area (Å²) in [6.45, 7) is 0.769. The third-order valence-electron chi connectivity index (χ3n) is 2.22. The first kappa shape index (κ1) is 10.4. The Labute approximate surface area is 97.3 Å². The van der Waals surface area contributed by atoms with E-state index in [1.54, 1.807) is 12.7 Å². The van der Waals surface area contributed by atoms with Gasteiger partial charge in [0.2, 0.25) is 0 Å². The van der Waals surface area contributed by atoms with E-state index in [0.29, 0.717) is 0 Å². The van der Waals surface area contributed by atoms with Gasteiger partial charge >= 0.3 is 0 Å². The molecule has 0 unspecified atom stereocenters. The van der Waals surface area contributed by atoms with Crippen LogP contribution in [0.2, 0.25) is 0 Å². The van der Waals surface area contributed by atoms with Crippen molar-refractivity contribution in [2.24, 2.45) is 0 Å². The molecule has 0 amide bonds. The Hall–Kier alpha value is -1.16. The first-order valence-corrected chi connectivity index (χ1v) is 5.69. The SMILES string of the molecule is BrC1=C(Cn2cncn2)C=CC=CCC1. The van der Waals surface area contributed by atoms with E-state index >= 15 is 0 Å². The summed E-state index contributed by atoms with van der Waals surface area (Å²) in [6, 6.07) is 0. The summed E-state index contributed by atoms with van der Waals surface area (Å²) in [4.78, 5) is 3.93. The van der Waals surface area contributed by atoms with Gasteiger partial charge in [-0.1, -0.05) is 40.2 Å². The molecule has 0 saturated heterocycles. The van der Waals surface area contributed by atoms with E-state index < -0.39 is 0 Å². The molecule has 0 atom stereocenters. The third kappa shape index (κ3) is 2.89. The third-order valence-corrected chi connectivity index (χ3v) is 3.13. The number of hydrogen-bond acceptors (Lipinski definition) is 2. The molecule has 15 heavy (non-hydrogen) atoms. The molecular formula is C11H12BrN3. The average Bonchev–Trinajstić information content (AvgIpc) is 2.70. The molecule has 0 fully saturated rings. The molecule has 0 bridgehead atoms. The number of allylic oxidation sites excluding steroid dienone is 6.